The first-order chi connectivity index (χ1) is 14.1. The van der Waals surface area contributed by atoms with Crippen LogP contribution < -0.4 is 16.2 Å². The van der Waals surface area contributed by atoms with Crippen molar-refractivity contribution in [3.8, 4) is 0 Å². The summed E-state index contributed by atoms with van der Waals surface area (Å²) in [6, 6.07) is 7.80. The number of pyridine rings is 1. The number of hydrogen-bond donors (Lipinski definition) is 2. The number of fused-ring (bicyclic) bond motifs is 1. The van der Waals surface area contributed by atoms with Gasteiger partial charge in [-0.3, -0.25) is 9.59 Å². The van der Waals surface area contributed by atoms with E-state index in [1.165, 1.54) is 6.42 Å². The highest BCUT2D eigenvalue weighted by molar-refractivity contribution is 6.01. The van der Waals surface area contributed by atoms with Crippen LogP contribution in [-0.2, 0) is 4.79 Å². The van der Waals surface area contributed by atoms with E-state index in [1.54, 1.807) is 0 Å². The topological polar surface area (TPSA) is 63.1 Å². The van der Waals surface area contributed by atoms with Gasteiger partial charge in [-0.05, 0) is 67.2 Å². The van der Waals surface area contributed by atoms with Crippen LogP contribution in [0.3, 0.4) is 0 Å². The van der Waals surface area contributed by atoms with Gasteiger partial charge in [0.1, 0.15) is 0 Å². The average Bonchev–Trinajstić information content (AvgIpc) is 3.14. The van der Waals surface area contributed by atoms with Crippen LogP contribution in [0.4, 0.5) is 5.69 Å². The smallest absolute Gasteiger partial charge is 0.258 e. The summed E-state index contributed by atoms with van der Waals surface area (Å²) in [4.78, 5) is 25.9. The van der Waals surface area contributed by atoms with E-state index >= 15 is 0 Å². The van der Waals surface area contributed by atoms with Crippen LogP contribution in [0.5, 0.6) is 0 Å². The van der Waals surface area contributed by atoms with Gasteiger partial charge < -0.3 is 15.2 Å². The second-order valence-corrected chi connectivity index (χ2v) is 11.0. The van der Waals surface area contributed by atoms with Crippen molar-refractivity contribution in [2.24, 2.45) is 16.7 Å². The third kappa shape index (κ3) is 4.46. The Kier molecular flexibility index (Phi) is 5.52. The minimum absolute atomic E-state index is 0.0214. The van der Waals surface area contributed by atoms with Crippen molar-refractivity contribution in [3.05, 3.63) is 40.8 Å². The molecular weight excluding hydrogens is 374 g/mol. The van der Waals surface area contributed by atoms with E-state index in [2.05, 4.69) is 38.3 Å². The molecule has 2 N–H and O–H groups in total. The zero-order valence-corrected chi connectivity index (χ0v) is 18.8. The number of nitrogens with zero attached hydrogens (tertiary/aromatic N) is 1. The largest absolute Gasteiger partial charge is 0.326 e. The second kappa shape index (κ2) is 7.84. The Bertz CT molecular complexity index is 983. The quantitative estimate of drug-likeness (QED) is 0.768. The van der Waals surface area contributed by atoms with Crippen molar-refractivity contribution < 1.29 is 4.79 Å². The Hall–Kier alpha value is -2.14. The molecule has 1 aliphatic heterocycles. The number of carbonyl (C=O) groups is 1. The average molecular weight is 410 g/mol. The van der Waals surface area contributed by atoms with Crippen molar-refractivity contribution in [1.82, 2.24) is 9.88 Å². The molecule has 4 rings (SSSR count). The minimum atomic E-state index is 0.0214. The van der Waals surface area contributed by atoms with Crippen LogP contribution in [0.25, 0.3) is 10.8 Å². The van der Waals surface area contributed by atoms with E-state index < -0.39 is 0 Å². The molecular formula is C25H35N3O2. The van der Waals surface area contributed by atoms with Gasteiger partial charge in [-0.2, -0.15) is 0 Å². The second-order valence-electron chi connectivity index (χ2n) is 11.0. The lowest BCUT2D eigenvalue weighted by Crippen LogP contribution is -2.35. The SMILES string of the molecule is CC1(C)CC(CC(=O)Nc2cccc3c(=O)n([C@@H]4CCNC4)ccc23)CC(C)(C)C1. The summed E-state index contributed by atoms with van der Waals surface area (Å²) in [5, 5.41) is 7.91. The van der Waals surface area contributed by atoms with E-state index in [-0.39, 0.29) is 28.3 Å². The molecule has 1 amide bonds. The first kappa shape index (κ1) is 21.1. The Morgan fingerprint density at radius 1 is 1.13 bits per heavy atom. The van der Waals surface area contributed by atoms with Crippen molar-refractivity contribution in [2.75, 3.05) is 18.4 Å². The van der Waals surface area contributed by atoms with Crippen LogP contribution in [-0.4, -0.2) is 23.6 Å². The summed E-state index contributed by atoms with van der Waals surface area (Å²) in [5.41, 5.74) is 1.30. The number of nitrogens with one attached hydrogen (secondary N) is 2. The number of rotatable bonds is 4. The molecule has 30 heavy (non-hydrogen) atoms. The molecule has 2 aromatic rings. The van der Waals surface area contributed by atoms with Gasteiger partial charge in [0.2, 0.25) is 5.91 Å². The predicted molar refractivity (Wildman–Crippen MR) is 123 cm³/mol. The molecule has 1 aliphatic carbocycles. The molecule has 1 saturated heterocycles. The molecule has 2 aliphatic rings. The molecule has 1 saturated carbocycles. The standard InChI is InChI=1S/C25H35N3O2/c1-24(2)13-17(14-25(3,4)16-24)12-22(29)27-21-7-5-6-20-19(21)9-11-28(23(20)30)18-8-10-26-15-18/h5-7,9,11,17-18,26H,8,10,12-16H2,1-4H3,(H,27,29)/t18-/m1/s1. The van der Waals surface area contributed by atoms with Crippen LogP contribution in [0.1, 0.15) is 65.8 Å². The monoisotopic (exact) mass is 409 g/mol. The molecule has 1 aromatic heterocycles. The predicted octanol–water partition coefficient (Wildman–Crippen LogP) is 4.72. The van der Waals surface area contributed by atoms with Gasteiger partial charge in [0.25, 0.3) is 5.56 Å². The normalized spacial score (nSPS) is 23.5. The number of amides is 1. The molecule has 0 radical (unpaired) electrons. The Balaban J connectivity index is 1.53. The number of benzene rings is 1. The van der Waals surface area contributed by atoms with Crippen LogP contribution in [0, 0.1) is 16.7 Å². The van der Waals surface area contributed by atoms with E-state index in [9.17, 15) is 9.59 Å². The summed E-state index contributed by atoms with van der Waals surface area (Å²) in [6.45, 7) is 11.0. The summed E-state index contributed by atoms with van der Waals surface area (Å²) in [5.74, 6) is 0.441. The third-order valence-corrected chi connectivity index (χ3v) is 6.79. The van der Waals surface area contributed by atoms with Gasteiger partial charge in [0.15, 0.2) is 0 Å². The highest BCUT2D eigenvalue weighted by Gasteiger charge is 2.38. The van der Waals surface area contributed by atoms with Crippen LogP contribution in [0.2, 0.25) is 0 Å². The molecule has 0 spiro atoms. The van der Waals surface area contributed by atoms with E-state index in [4.69, 9.17) is 0 Å². The number of aromatic nitrogens is 1. The lowest BCUT2D eigenvalue weighted by Gasteiger charge is -2.45. The molecule has 0 bridgehead atoms. The summed E-state index contributed by atoms with van der Waals surface area (Å²) >= 11 is 0. The van der Waals surface area contributed by atoms with Crippen molar-refractivity contribution in [1.29, 1.82) is 0 Å². The van der Waals surface area contributed by atoms with Gasteiger partial charge in [-0.15, -0.1) is 0 Å². The van der Waals surface area contributed by atoms with Gasteiger partial charge in [0, 0.05) is 35.6 Å². The first-order valence-electron chi connectivity index (χ1n) is 11.3. The molecule has 2 fully saturated rings. The van der Waals surface area contributed by atoms with Gasteiger partial charge in [-0.1, -0.05) is 33.8 Å². The maximum Gasteiger partial charge on any atom is 0.258 e. The summed E-state index contributed by atoms with van der Waals surface area (Å²) < 4.78 is 1.83. The summed E-state index contributed by atoms with van der Waals surface area (Å²) in [6.07, 6.45) is 6.75. The van der Waals surface area contributed by atoms with E-state index in [0.29, 0.717) is 17.7 Å². The van der Waals surface area contributed by atoms with Crippen molar-refractivity contribution >= 4 is 22.4 Å². The molecule has 0 unspecified atom stereocenters. The number of hydrogen-bond acceptors (Lipinski definition) is 3. The lowest BCUT2D eigenvalue weighted by atomic mass is 9.61. The minimum Gasteiger partial charge on any atom is -0.326 e. The highest BCUT2D eigenvalue weighted by atomic mass is 16.1. The zero-order valence-electron chi connectivity index (χ0n) is 18.8. The number of anilines is 1. The maximum absolute atomic E-state index is 13.0. The maximum atomic E-state index is 13.0. The highest BCUT2D eigenvalue weighted by Crippen LogP contribution is 2.49. The fraction of sp³-hybridized carbons (Fsp3) is 0.600. The Morgan fingerprint density at radius 2 is 1.87 bits per heavy atom. The van der Waals surface area contributed by atoms with Gasteiger partial charge >= 0.3 is 0 Å². The molecule has 5 heteroatoms. The van der Waals surface area contributed by atoms with Gasteiger partial charge in [-0.25, -0.2) is 0 Å². The number of carbonyl (C=O) groups excluding carboxylic acids is 1. The van der Waals surface area contributed by atoms with Crippen molar-refractivity contribution in [2.45, 2.75) is 65.8 Å². The fourth-order valence-electron chi connectivity index (χ4n) is 6.25. The van der Waals surface area contributed by atoms with Crippen molar-refractivity contribution in [3.63, 3.8) is 0 Å². The van der Waals surface area contributed by atoms with Gasteiger partial charge in [0.05, 0.1) is 6.04 Å². The lowest BCUT2D eigenvalue weighted by molar-refractivity contribution is -0.118. The molecule has 1 aromatic carbocycles. The Morgan fingerprint density at radius 3 is 2.53 bits per heavy atom. The zero-order chi connectivity index (χ0) is 21.5. The fourth-order valence-corrected chi connectivity index (χ4v) is 6.25. The third-order valence-electron chi connectivity index (χ3n) is 6.79. The molecule has 1 atom stereocenters. The first-order valence-corrected chi connectivity index (χ1v) is 11.3. The Labute approximate surface area is 179 Å². The molecule has 162 valence electrons. The molecule has 2 heterocycles. The van der Waals surface area contributed by atoms with E-state index in [0.717, 1.165) is 43.4 Å². The van der Waals surface area contributed by atoms with E-state index in [1.807, 2.05) is 35.0 Å². The molecule has 5 nitrogen and oxygen atoms in total. The van der Waals surface area contributed by atoms with Crippen LogP contribution >= 0.6 is 0 Å². The summed E-state index contributed by atoms with van der Waals surface area (Å²) in [7, 11) is 0. The van der Waals surface area contributed by atoms with Crippen LogP contribution in [0.15, 0.2) is 35.3 Å².